The molecule has 1 amide bonds. The van der Waals surface area contributed by atoms with Crippen LogP contribution in [0.1, 0.15) is 19.8 Å². The highest BCUT2D eigenvalue weighted by Crippen LogP contribution is 2.29. The fourth-order valence-electron chi connectivity index (χ4n) is 2.00. The molecule has 0 spiro atoms. The Morgan fingerprint density at radius 2 is 2.10 bits per heavy atom. The van der Waals surface area contributed by atoms with E-state index in [4.69, 9.17) is 0 Å². The van der Waals surface area contributed by atoms with Crippen LogP contribution in [0.3, 0.4) is 0 Å². The van der Waals surface area contributed by atoms with Crippen molar-refractivity contribution in [2.75, 3.05) is 11.1 Å². The molecule has 20 heavy (non-hydrogen) atoms. The molecule has 0 aromatic carbocycles. The largest absolute Gasteiger partial charge is 0.550 e. The molecule has 1 aromatic rings. The maximum atomic E-state index is 12.1. The van der Waals surface area contributed by atoms with Crippen molar-refractivity contribution in [2.24, 2.45) is 11.8 Å². The SMILES string of the molecule is CCSc1nnc(NC(=O)[C@H]2CC=CC[C@@H]2C(=O)[O-])s1. The lowest BCUT2D eigenvalue weighted by Crippen LogP contribution is -2.41. The molecule has 2 rings (SSSR count). The minimum absolute atomic E-state index is 0.327. The van der Waals surface area contributed by atoms with Gasteiger partial charge < -0.3 is 15.2 Å². The molecule has 0 saturated heterocycles. The van der Waals surface area contributed by atoms with E-state index < -0.39 is 17.8 Å². The number of carboxylic acid groups (broad SMARTS) is 1. The van der Waals surface area contributed by atoms with Crippen LogP contribution >= 0.6 is 23.1 Å². The lowest BCUT2D eigenvalue weighted by atomic mass is 9.82. The normalized spacial score (nSPS) is 21.6. The van der Waals surface area contributed by atoms with Gasteiger partial charge in [0.15, 0.2) is 4.34 Å². The third-order valence-corrected chi connectivity index (χ3v) is 4.83. The molecule has 2 atom stereocenters. The van der Waals surface area contributed by atoms with Crippen molar-refractivity contribution in [1.82, 2.24) is 10.2 Å². The van der Waals surface area contributed by atoms with Gasteiger partial charge >= 0.3 is 0 Å². The number of rotatable bonds is 5. The third kappa shape index (κ3) is 3.57. The van der Waals surface area contributed by atoms with E-state index in [2.05, 4.69) is 15.5 Å². The van der Waals surface area contributed by atoms with Gasteiger partial charge in [0.25, 0.3) is 0 Å². The molecule has 6 nitrogen and oxygen atoms in total. The second kappa shape index (κ2) is 6.85. The number of nitrogens with zero attached hydrogens (tertiary/aromatic N) is 2. The first-order valence-electron chi connectivity index (χ1n) is 6.24. The lowest BCUT2D eigenvalue weighted by Gasteiger charge is -2.27. The Bertz CT molecular complexity index is 530. The quantitative estimate of drug-likeness (QED) is 0.493. The number of nitrogens with one attached hydrogen (secondary N) is 1. The highest BCUT2D eigenvalue weighted by molar-refractivity contribution is 8.01. The highest BCUT2D eigenvalue weighted by Gasteiger charge is 2.30. The lowest BCUT2D eigenvalue weighted by molar-refractivity contribution is -0.313. The minimum atomic E-state index is -1.19. The van der Waals surface area contributed by atoms with Gasteiger partial charge in [-0.05, 0) is 18.6 Å². The summed E-state index contributed by atoms with van der Waals surface area (Å²) in [4.78, 5) is 23.2. The Labute approximate surface area is 124 Å². The van der Waals surface area contributed by atoms with Crippen LogP contribution in [-0.2, 0) is 9.59 Å². The van der Waals surface area contributed by atoms with Crippen molar-refractivity contribution in [2.45, 2.75) is 24.1 Å². The maximum Gasteiger partial charge on any atom is 0.230 e. The molecule has 1 heterocycles. The second-order valence-electron chi connectivity index (χ2n) is 4.27. The molecule has 0 radical (unpaired) electrons. The summed E-state index contributed by atoms with van der Waals surface area (Å²) in [6.45, 7) is 2.00. The van der Waals surface area contributed by atoms with Crippen LogP contribution in [0.4, 0.5) is 5.13 Å². The van der Waals surface area contributed by atoms with Crippen LogP contribution in [0.5, 0.6) is 0 Å². The van der Waals surface area contributed by atoms with E-state index >= 15 is 0 Å². The zero-order chi connectivity index (χ0) is 14.5. The van der Waals surface area contributed by atoms with Crippen molar-refractivity contribution in [1.29, 1.82) is 0 Å². The summed E-state index contributed by atoms with van der Waals surface area (Å²) >= 11 is 2.83. The first-order chi connectivity index (χ1) is 9.61. The van der Waals surface area contributed by atoms with Crippen molar-refractivity contribution in [3.63, 3.8) is 0 Å². The summed E-state index contributed by atoms with van der Waals surface area (Å²) in [5.41, 5.74) is 0. The Morgan fingerprint density at radius 1 is 1.40 bits per heavy atom. The molecule has 0 unspecified atom stereocenters. The minimum Gasteiger partial charge on any atom is -0.550 e. The maximum absolute atomic E-state index is 12.1. The van der Waals surface area contributed by atoms with E-state index in [-0.39, 0.29) is 5.91 Å². The van der Waals surface area contributed by atoms with Gasteiger partial charge in [-0.15, -0.1) is 10.2 Å². The topological polar surface area (TPSA) is 95.0 Å². The molecule has 0 aliphatic heterocycles. The molecule has 1 aliphatic rings. The summed E-state index contributed by atoms with van der Waals surface area (Å²) in [7, 11) is 0. The molecule has 0 bridgehead atoms. The molecular formula is C12H14N3O3S2-. The molecule has 0 fully saturated rings. The second-order valence-corrected chi connectivity index (χ2v) is 6.76. The number of carboxylic acids is 1. The zero-order valence-electron chi connectivity index (χ0n) is 10.9. The Hall–Kier alpha value is -1.41. The van der Waals surface area contributed by atoms with Gasteiger partial charge in [-0.1, -0.05) is 42.2 Å². The number of amides is 1. The van der Waals surface area contributed by atoms with E-state index in [1.165, 1.54) is 11.3 Å². The molecule has 1 aromatic heterocycles. The number of carbonyl (C=O) groups is 2. The number of thioether (sulfide) groups is 1. The predicted octanol–water partition coefficient (Wildman–Crippen LogP) is 0.921. The Kier molecular flexibility index (Phi) is 5.13. The van der Waals surface area contributed by atoms with E-state index in [0.29, 0.717) is 18.0 Å². The standard InChI is InChI=1S/C12H15N3O3S2/c1-2-19-12-15-14-11(20-12)13-9(16)7-5-3-4-6-8(7)10(17)18/h3-4,7-8H,2,5-6H2,1H3,(H,17,18)(H,13,14,16)/p-1/t7-,8-/m0/s1. The number of aromatic nitrogens is 2. The van der Waals surface area contributed by atoms with E-state index in [0.717, 1.165) is 10.1 Å². The van der Waals surface area contributed by atoms with Gasteiger partial charge in [0.2, 0.25) is 11.0 Å². The number of hydrogen-bond acceptors (Lipinski definition) is 7. The molecule has 108 valence electrons. The predicted molar refractivity (Wildman–Crippen MR) is 75.3 cm³/mol. The first kappa shape index (κ1) is 15.0. The fourth-order valence-corrected chi connectivity index (χ4v) is 3.66. The molecule has 1 N–H and O–H groups in total. The molecular weight excluding hydrogens is 298 g/mol. The molecule has 1 aliphatic carbocycles. The number of carbonyl (C=O) groups excluding carboxylic acids is 2. The number of anilines is 1. The van der Waals surface area contributed by atoms with Crippen molar-refractivity contribution < 1.29 is 14.7 Å². The number of aliphatic carboxylic acids is 1. The monoisotopic (exact) mass is 312 g/mol. The van der Waals surface area contributed by atoms with E-state index in [9.17, 15) is 14.7 Å². The smallest absolute Gasteiger partial charge is 0.230 e. The number of allylic oxidation sites excluding steroid dienone is 2. The molecule has 0 saturated carbocycles. The van der Waals surface area contributed by atoms with Gasteiger partial charge in [-0.25, -0.2) is 0 Å². The van der Waals surface area contributed by atoms with Crippen LogP contribution in [0.25, 0.3) is 0 Å². The van der Waals surface area contributed by atoms with Crippen LogP contribution in [0.2, 0.25) is 0 Å². The van der Waals surface area contributed by atoms with Crippen molar-refractivity contribution >= 4 is 40.1 Å². The van der Waals surface area contributed by atoms with Crippen LogP contribution in [-0.4, -0.2) is 27.8 Å². The van der Waals surface area contributed by atoms with Crippen LogP contribution < -0.4 is 10.4 Å². The van der Waals surface area contributed by atoms with Gasteiger partial charge in [-0.3, -0.25) is 4.79 Å². The summed E-state index contributed by atoms with van der Waals surface area (Å²) in [5.74, 6) is -2.04. The van der Waals surface area contributed by atoms with Crippen molar-refractivity contribution in [3.8, 4) is 0 Å². The fraction of sp³-hybridized carbons (Fsp3) is 0.500. The van der Waals surface area contributed by atoms with E-state index in [1.54, 1.807) is 17.8 Å². The van der Waals surface area contributed by atoms with Gasteiger partial charge in [0.05, 0.1) is 5.92 Å². The van der Waals surface area contributed by atoms with Gasteiger partial charge in [-0.2, -0.15) is 0 Å². The Balaban J connectivity index is 2.02. The summed E-state index contributed by atoms with van der Waals surface area (Å²) < 4.78 is 0.780. The summed E-state index contributed by atoms with van der Waals surface area (Å²) in [5, 5.41) is 21.9. The average Bonchev–Trinajstić information content (AvgIpc) is 2.86. The molecule has 8 heteroatoms. The van der Waals surface area contributed by atoms with Crippen LogP contribution in [0.15, 0.2) is 16.5 Å². The van der Waals surface area contributed by atoms with Gasteiger partial charge in [0.1, 0.15) is 0 Å². The van der Waals surface area contributed by atoms with Gasteiger partial charge in [0, 0.05) is 11.9 Å². The Morgan fingerprint density at radius 3 is 2.75 bits per heavy atom. The third-order valence-electron chi connectivity index (χ3n) is 2.98. The van der Waals surface area contributed by atoms with Crippen molar-refractivity contribution in [3.05, 3.63) is 12.2 Å². The number of hydrogen-bond donors (Lipinski definition) is 1. The first-order valence-corrected chi connectivity index (χ1v) is 8.05. The average molecular weight is 312 g/mol. The van der Waals surface area contributed by atoms with E-state index in [1.807, 2.05) is 13.0 Å². The summed E-state index contributed by atoms with van der Waals surface area (Å²) in [6, 6.07) is 0. The van der Waals surface area contributed by atoms with Crippen LogP contribution in [0, 0.1) is 11.8 Å². The zero-order valence-corrected chi connectivity index (χ0v) is 12.5. The highest BCUT2D eigenvalue weighted by atomic mass is 32.2. The summed E-state index contributed by atoms with van der Waals surface area (Å²) in [6.07, 6.45) is 4.32.